The van der Waals surface area contributed by atoms with Gasteiger partial charge in [-0.25, -0.2) is 9.67 Å². The number of carbonyl (C=O) groups is 4. The summed E-state index contributed by atoms with van der Waals surface area (Å²) in [6.07, 6.45) is 21.7. The number of aromatic amines is 1. The molecule has 1 aliphatic heterocycles. The van der Waals surface area contributed by atoms with Gasteiger partial charge in [-0.3, -0.25) is 24.2 Å². The van der Waals surface area contributed by atoms with Gasteiger partial charge in [0.25, 0.3) is 0 Å². The van der Waals surface area contributed by atoms with Crippen LogP contribution in [0.5, 0.6) is 17.2 Å². The van der Waals surface area contributed by atoms with Gasteiger partial charge < -0.3 is 55.8 Å². The quantitative estimate of drug-likeness (QED) is 0.0119. The Kier molecular flexibility index (Phi) is 22.1. The zero-order valence-electron chi connectivity index (χ0n) is 45.7. The van der Waals surface area contributed by atoms with E-state index in [4.69, 9.17) is 19.9 Å². The second-order valence-electron chi connectivity index (χ2n) is 21.6. The van der Waals surface area contributed by atoms with Gasteiger partial charge in [0.2, 0.25) is 11.7 Å². The fourth-order valence-corrected chi connectivity index (χ4v) is 11.3. The first kappa shape index (κ1) is 59.8. The van der Waals surface area contributed by atoms with Crippen LogP contribution in [-0.2, 0) is 45.1 Å². The van der Waals surface area contributed by atoms with Gasteiger partial charge in [-0.1, -0.05) is 127 Å². The molecule has 3 aliphatic rings. The van der Waals surface area contributed by atoms with Crippen molar-refractivity contribution in [2.24, 2.45) is 16.6 Å². The van der Waals surface area contributed by atoms with Crippen molar-refractivity contribution in [3.05, 3.63) is 81.7 Å². The minimum atomic E-state index is -2.10. The summed E-state index contributed by atoms with van der Waals surface area (Å²) >= 11 is 0. The summed E-state index contributed by atoms with van der Waals surface area (Å²) in [4.78, 5) is 66.8. The number of hydrogen-bond acceptors (Lipinski definition) is 17. The lowest BCUT2D eigenvalue weighted by atomic mass is 9.71. The molecule has 426 valence electrons. The lowest BCUT2D eigenvalue weighted by molar-refractivity contribution is -0.245. The molecule has 1 amide bonds. The number of aliphatic hydroxyl groups is 3. The summed E-state index contributed by atoms with van der Waals surface area (Å²) in [6.45, 7) is 2.79. The van der Waals surface area contributed by atoms with Crippen molar-refractivity contribution >= 4 is 29.0 Å². The number of hydrogen-bond donors (Lipinski definition) is 8. The van der Waals surface area contributed by atoms with Crippen molar-refractivity contribution < 1.29 is 58.9 Å². The first-order chi connectivity index (χ1) is 37.7. The first-order valence-corrected chi connectivity index (χ1v) is 28.3. The van der Waals surface area contributed by atoms with Crippen LogP contribution in [0.25, 0.3) is 0 Å². The molecule has 9 N–H and O–H groups in total. The lowest BCUT2D eigenvalue weighted by Gasteiger charge is -2.43. The van der Waals surface area contributed by atoms with Crippen LogP contribution < -0.4 is 15.8 Å². The Morgan fingerprint density at radius 1 is 0.949 bits per heavy atom. The molecule has 7 unspecified atom stereocenters. The number of benzene rings is 2. The number of ketones is 3. The molecule has 2 aromatic carbocycles. The summed E-state index contributed by atoms with van der Waals surface area (Å²) in [7, 11) is 1.33. The van der Waals surface area contributed by atoms with Gasteiger partial charge in [0.15, 0.2) is 12.1 Å². The van der Waals surface area contributed by atoms with Crippen molar-refractivity contribution in [3.8, 4) is 17.2 Å². The number of aromatic hydroxyl groups is 2. The third kappa shape index (κ3) is 15.1. The topological polar surface area (TPSA) is 307 Å². The van der Waals surface area contributed by atoms with Gasteiger partial charge in [-0.05, 0) is 19.4 Å². The molecule has 2 aromatic heterocycles. The molecule has 7 rings (SSSR count). The molecule has 4 aromatic rings. The summed E-state index contributed by atoms with van der Waals surface area (Å²) in [5.41, 5.74) is 3.74. The van der Waals surface area contributed by atoms with E-state index in [1.54, 1.807) is 13.1 Å². The van der Waals surface area contributed by atoms with Gasteiger partial charge in [-0.2, -0.15) is 0 Å². The van der Waals surface area contributed by atoms with Crippen LogP contribution in [0.3, 0.4) is 0 Å². The maximum Gasteiger partial charge on any atom is 0.224 e. The molecule has 20 heteroatoms. The maximum absolute atomic E-state index is 14.2. The zero-order valence-corrected chi connectivity index (χ0v) is 45.7. The number of imidazole rings is 1. The molecule has 1 fully saturated rings. The number of ether oxygens (including phenoxy) is 3. The number of aliphatic imine (C=N–C) groups is 1. The molecule has 0 radical (unpaired) electrons. The van der Waals surface area contributed by atoms with Crippen LogP contribution in [0.15, 0.2) is 41.9 Å². The number of nitrogens with zero attached hydrogens (tertiary/aromatic N) is 5. The number of methoxy groups -OCH3 is 1. The van der Waals surface area contributed by atoms with Crippen molar-refractivity contribution in [1.82, 2.24) is 30.3 Å². The Hall–Kier alpha value is -5.90. The van der Waals surface area contributed by atoms with Gasteiger partial charge in [0.05, 0.1) is 79.4 Å². The molecule has 3 heterocycles. The number of phenols is 2. The molecule has 0 spiro atoms. The van der Waals surface area contributed by atoms with E-state index in [2.05, 4.69) is 37.5 Å². The highest BCUT2D eigenvalue weighted by molar-refractivity contribution is 6.31. The lowest BCUT2D eigenvalue weighted by Crippen LogP contribution is -2.53. The number of phenolic OH excluding ortho intramolecular Hbond substituents is 2. The number of fused-ring (bicyclic) bond motifs is 3. The van der Waals surface area contributed by atoms with Crippen molar-refractivity contribution in [1.29, 1.82) is 0 Å². The molecular weight excluding hydrogens is 1000 g/mol. The van der Waals surface area contributed by atoms with Crippen LogP contribution >= 0.6 is 0 Å². The average Bonchev–Trinajstić information content (AvgIpc) is 4.21. The minimum absolute atomic E-state index is 0.00581. The largest absolute Gasteiger partial charge is 0.507 e. The second-order valence-corrected chi connectivity index (χ2v) is 21.6. The number of carbonyl (C=O) groups excluding carboxylic acids is 4. The summed E-state index contributed by atoms with van der Waals surface area (Å²) in [5.74, 6) is -3.74. The summed E-state index contributed by atoms with van der Waals surface area (Å²) < 4.78 is 19.0. The monoisotopic (exact) mass is 1080 g/mol. The first-order valence-electron chi connectivity index (χ1n) is 28.3. The molecular formula is C58H82N8O12. The van der Waals surface area contributed by atoms with Crippen LogP contribution in [0.2, 0.25) is 0 Å². The molecule has 2 aliphatic carbocycles. The number of unbranched alkanes of at least 4 members (excludes halogenated alkanes) is 16. The van der Waals surface area contributed by atoms with Gasteiger partial charge in [-0.15, -0.1) is 5.10 Å². The highest BCUT2D eigenvalue weighted by Crippen LogP contribution is 2.53. The average molecular weight is 1080 g/mol. The van der Waals surface area contributed by atoms with E-state index in [0.717, 1.165) is 25.0 Å². The zero-order chi connectivity index (χ0) is 55.8. The van der Waals surface area contributed by atoms with E-state index in [1.165, 1.54) is 132 Å². The van der Waals surface area contributed by atoms with Gasteiger partial charge in [0, 0.05) is 73.1 Å². The third-order valence-corrected chi connectivity index (χ3v) is 15.7. The van der Waals surface area contributed by atoms with Crippen molar-refractivity contribution in [2.75, 3.05) is 13.7 Å². The Morgan fingerprint density at radius 3 is 2.22 bits per heavy atom. The molecule has 20 nitrogen and oxygen atoms in total. The van der Waals surface area contributed by atoms with E-state index in [9.17, 15) is 44.7 Å². The van der Waals surface area contributed by atoms with E-state index in [-0.39, 0.29) is 71.5 Å². The Balaban J connectivity index is 0.949. The Labute approximate surface area is 457 Å². The number of nitrogens with one attached hydrogen (secondary N) is 2. The summed E-state index contributed by atoms with van der Waals surface area (Å²) in [6, 6.07) is 3.65. The van der Waals surface area contributed by atoms with E-state index < -0.39 is 95.8 Å². The third-order valence-electron chi connectivity index (χ3n) is 15.7. The predicted molar refractivity (Wildman–Crippen MR) is 290 cm³/mol. The smallest absolute Gasteiger partial charge is 0.224 e. The minimum Gasteiger partial charge on any atom is -0.507 e. The van der Waals surface area contributed by atoms with Crippen molar-refractivity contribution in [3.63, 3.8) is 0 Å². The van der Waals surface area contributed by atoms with E-state index in [1.807, 2.05) is 0 Å². The molecule has 0 bridgehead atoms. The van der Waals surface area contributed by atoms with Crippen LogP contribution in [0.4, 0.5) is 0 Å². The SMILES string of the molecule is CCCCCCCCCCCCCCCCCCCC(=O)CC(Cc1cnc[nH]1)C(=O)NCc1cn(CN=C(CO)C2(O)Cc3c(O)c4c(c(O)c3C(OC3CC(N)C(O)C(C)O3)C2)C(=O)c2c(OC)cccc2C4=O)nn1. The number of H-pyrrole nitrogens is 1. The number of aromatic nitrogens is 5. The highest BCUT2D eigenvalue weighted by Gasteiger charge is 2.49. The number of rotatable bonds is 32. The highest BCUT2D eigenvalue weighted by atomic mass is 16.7. The number of aliphatic hydroxyl groups excluding tert-OH is 2. The second kappa shape index (κ2) is 28.8. The van der Waals surface area contributed by atoms with Gasteiger partial charge >= 0.3 is 0 Å². The normalized spacial score (nSPS) is 21.5. The molecule has 7 atom stereocenters. The fourth-order valence-electron chi connectivity index (χ4n) is 11.3. The number of Topliss-reactive ketones (excluding diaryl/α,β-unsaturated/α-hetero) is 1. The Bertz CT molecular complexity index is 2660. The number of amides is 1. The van der Waals surface area contributed by atoms with Crippen LogP contribution in [0, 0.1) is 5.92 Å². The molecule has 0 saturated carbocycles. The molecule has 78 heavy (non-hydrogen) atoms. The standard InChI is InChI=1S/C58H82N8O12/c1-4-5-6-7-8-9-10-11-12-13-14-15-16-17-18-19-20-22-40(68)26-37(25-38-30-60-34-62-38)57(74)61-31-39-32-66(65-64-39)35-63-46(33-67)58(75)28-42-49(45(29-58)78-47-27-43(59)52(69)36(2)77-47)56(73)51-50(54(42)71)53(70)41-23-21-24-44(76-3)48(41)55(51)72/h21,23-24,30,32,34,36-37,43,45,47,52,67,69,71,73,75H,4-20,22,25-29,31,33,35,59H2,1-3H3,(H,60,62)(H,61,74). The maximum atomic E-state index is 14.2. The van der Waals surface area contributed by atoms with Crippen molar-refractivity contribution in [2.45, 2.75) is 211 Å². The van der Waals surface area contributed by atoms with E-state index in [0.29, 0.717) is 18.5 Å². The van der Waals surface area contributed by atoms with Crippen LogP contribution in [0.1, 0.15) is 209 Å². The fraction of sp³-hybridized carbons (Fsp3) is 0.621. The predicted octanol–water partition coefficient (Wildman–Crippen LogP) is 7.32. The van der Waals surface area contributed by atoms with Crippen LogP contribution in [-0.4, -0.2) is 123 Å². The van der Waals surface area contributed by atoms with E-state index >= 15 is 0 Å². The Morgan fingerprint density at radius 2 is 1.60 bits per heavy atom. The van der Waals surface area contributed by atoms with Gasteiger partial charge in [0.1, 0.15) is 41.0 Å². The molecule has 1 saturated heterocycles. The number of nitrogens with two attached hydrogens (primary N) is 1. The summed E-state index contributed by atoms with van der Waals surface area (Å²) in [5, 5.41) is 69.1.